The number of hydrogen-bond donors (Lipinski definition) is 1. The Labute approximate surface area is 182 Å². The van der Waals surface area contributed by atoms with Crippen LogP contribution >= 0.6 is 0 Å². The SMILES string of the molecule is CC(C)(C)OC(=O)N1CCN(c2ccc(NC(=O)CCc3ccccc3F)nc2)CC1. The molecule has 2 heterocycles. The third-order valence-corrected chi connectivity index (χ3v) is 4.89. The van der Waals surface area contributed by atoms with Gasteiger partial charge < -0.3 is 19.9 Å². The van der Waals surface area contributed by atoms with Crippen molar-refractivity contribution in [1.82, 2.24) is 9.88 Å². The molecular formula is C23H29FN4O3. The molecule has 1 N–H and O–H groups in total. The fourth-order valence-electron chi connectivity index (χ4n) is 3.28. The summed E-state index contributed by atoms with van der Waals surface area (Å²) < 4.78 is 19.1. The van der Waals surface area contributed by atoms with Crippen LogP contribution in [0, 0.1) is 5.82 Å². The summed E-state index contributed by atoms with van der Waals surface area (Å²) in [6.45, 7) is 8.06. The van der Waals surface area contributed by atoms with Crippen LogP contribution in [0.3, 0.4) is 0 Å². The van der Waals surface area contributed by atoms with Gasteiger partial charge in [-0.1, -0.05) is 18.2 Å². The van der Waals surface area contributed by atoms with Gasteiger partial charge >= 0.3 is 6.09 Å². The molecule has 1 aromatic heterocycles. The summed E-state index contributed by atoms with van der Waals surface area (Å²) >= 11 is 0. The fraction of sp³-hybridized carbons (Fsp3) is 0.435. The van der Waals surface area contributed by atoms with Crippen LogP contribution in [-0.4, -0.2) is 53.7 Å². The van der Waals surface area contributed by atoms with Crippen molar-refractivity contribution in [3.8, 4) is 0 Å². The number of amides is 2. The zero-order valence-electron chi connectivity index (χ0n) is 18.2. The Hall–Kier alpha value is -3.16. The van der Waals surface area contributed by atoms with E-state index in [1.54, 1.807) is 35.4 Å². The summed E-state index contributed by atoms with van der Waals surface area (Å²) in [6.07, 6.45) is 1.92. The third kappa shape index (κ3) is 6.67. The lowest BCUT2D eigenvalue weighted by molar-refractivity contribution is -0.116. The Morgan fingerprint density at radius 2 is 1.81 bits per heavy atom. The molecule has 1 aliphatic heterocycles. The van der Waals surface area contributed by atoms with E-state index in [9.17, 15) is 14.0 Å². The predicted octanol–water partition coefficient (Wildman–Crippen LogP) is 3.85. The summed E-state index contributed by atoms with van der Waals surface area (Å²) in [5.74, 6) is -0.0614. The Balaban J connectivity index is 1.46. The average Bonchev–Trinajstić information content (AvgIpc) is 2.73. The van der Waals surface area contributed by atoms with E-state index >= 15 is 0 Å². The van der Waals surface area contributed by atoms with Crippen LogP contribution in [0.2, 0.25) is 0 Å². The minimum Gasteiger partial charge on any atom is -0.444 e. The first kappa shape index (κ1) is 22.5. The molecule has 1 fully saturated rings. The van der Waals surface area contributed by atoms with Gasteiger partial charge in [-0.3, -0.25) is 4.79 Å². The minimum absolute atomic E-state index is 0.178. The van der Waals surface area contributed by atoms with E-state index in [4.69, 9.17) is 4.74 Å². The first-order valence-electron chi connectivity index (χ1n) is 10.4. The fourth-order valence-corrected chi connectivity index (χ4v) is 3.28. The Bertz CT molecular complexity index is 904. The lowest BCUT2D eigenvalue weighted by atomic mass is 10.1. The van der Waals surface area contributed by atoms with Gasteiger partial charge in [0.25, 0.3) is 0 Å². The third-order valence-electron chi connectivity index (χ3n) is 4.89. The van der Waals surface area contributed by atoms with Crippen molar-refractivity contribution in [3.05, 3.63) is 54.0 Å². The van der Waals surface area contributed by atoms with Crippen LogP contribution in [0.4, 0.5) is 20.7 Å². The van der Waals surface area contributed by atoms with E-state index in [1.165, 1.54) is 6.07 Å². The van der Waals surface area contributed by atoms with Crippen LogP contribution in [0.1, 0.15) is 32.8 Å². The number of pyridine rings is 1. The standard InChI is InChI=1S/C23H29FN4O3/c1-23(2,3)31-22(30)28-14-12-27(13-15-28)18-9-10-20(25-16-18)26-21(29)11-8-17-6-4-5-7-19(17)24/h4-7,9-10,16H,8,11-15H2,1-3H3,(H,25,26,29). The van der Waals surface area contributed by atoms with Crippen LogP contribution in [0.5, 0.6) is 0 Å². The van der Waals surface area contributed by atoms with Crippen LogP contribution in [-0.2, 0) is 16.0 Å². The molecule has 1 aromatic carbocycles. The zero-order valence-corrected chi connectivity index (χ0v) is 18.2. The van der Waals surface area contributed by atoms with Crippen LogP contribution in [0.15, 0.2) is 42.6 Å². The second-order valence-electron chi connectivity index (χ2n) is 8.50. The molecule has 2 aromatic rings. The van der Waals surface area contributed by atoms with E-state index < -0.39 is 5.60 Å². The van der Waals surface area contributed by atoms with Crippen molar-refractivity contribution in [2.45, 2.75) is 39.2 Å². The number of carbonyl (C=O) groups excluding carboxylic acids is 2. The molecule has 1 saturated heterocycles. The van der Waals surface area contributed by atoms with E-state index in [0.29, 0.717) is 44.0 Å². The molecule has 0 unspecified atom stereocenters. The van der Waals surface area contributed by atoms with Gasteiger partial charge in [0.1, 0.15) is 17.2 Å². The smallest absolute Gasteiger partial charge is 0.410 e. The van der Waals surface area contributed by atoms with E-state index in [1.807, 2.05) is 26.8 Å². The van der Waals surface area contributed by atoms with Crippen molar-refractivity contribution in [1.29, 1.82) is 0 Å². The average molecular weight is 429 g/mol. The van der Waals surface area contributed by atoms with Gasteiger partial charge in [0.05, 0.1) is 11.9 Å². The van der Waals surface area contributed by atoms with Crippen molar-refractivity contribution >= 4 is 23.5 Å². The number of anilines is 2. The Morgan fingerprint density at radius 1 is 1.10 bits per heavy atom. The summed E-state index contributed by atoms with van der Waals surface area (Å²) in [5, 5.41) is 2.75. The molecule has 166 valence electrons. The van der Waals surface area contributed by atoms with Crippen LogP contribution in [0.25, 0.3) is 0 Å². The van der Waals surface area contributed by atoms with Crippen molar-refractivity contribution in [3.63, 3.8) is 0 Å². The number of hydrogen-bond acceptors (Lipinski definition) is 5. The molecule has 0 radical (unpaired) electrons. The van der Waals surface area contributed by atoms with Gasteiger partial charge in [-0.25, -0.2) is 14.2 Å². The molecule has 0 atom stereocenters. The first-order chi connectivity index (χ1) is 14.7. The summed E-state index contributed by atoms with van der Waals surface area (Å²) in [4.78, 5) is 32.5. The lowest BCUT2D eigenvalue weighted by Gasteiger charge is -2.36. The number of nitrogens with zero attached hydrogens (tertiary/aromatic N) is 3. The summed E-state index contributed by atoms with van der Waals surface area (Å²) in [6, 6.07) is 10.1. The molecule has 1 aliphatic rings. The first-order valence-corrected chi connectivity index (χ1v) is 10.4. The maximum absolute atomic E-state index is 13.7. The summed E-state index contributed by atoms with van der Waals surface area (Å²) in [5.41, 5.74) is 0.938. The van der Waals surface area contributed by atoms with Crippen molar-refractivity contribution in [2.24, 2.45) is 0 Å². The highest BCUT2D eigenvalue weighted by Crippen LogP contribution is 2.19. The number of aryl methyl sites for hydroxylation is 1. The topological polar surface area (TPSA) is 74.8 Å². The highest BCUT2D eigenvalue weighted by molar-refractivity contribution is 5.90. The number of benzene rings is 1. The molecule has 0 saturated carbocycles. The number of nitrogens with one attached hydrogen (secondary N) is 1. The number of carbonyl (C=O) groups is 2. The number of piperazine rings is 1. The molecule has 8 heteroatoms. The molecular weight excluding hydrogens is 399 g/mol. The van der Waals surface area contributed by atoms with Crippen LogP contribution < -0.4 is 10.2 Å². The van der Waals surface area contributed by atoms with Crippen molar-refractivity contribution < 1.29 is 18.7 Å². The van der Waals surface area contributed by atoms with Gasteiger partial charge in [0.15, 0.2) is 0 Å². The second-order valence-corrected chi connectivity index (χ2v) is 8.50. The van der Waals surface area contributed by atoms with Crippen molar-refractivity contribution in [2.75, 3.05) is 36.4 Å². The molecule has 0 aliphatic carbocycles. The maximum Gasteiger partial charge on any atom is 0.410 e. The molecule has 31 heavy (non-hydrogen) atoms. The molecule has 7 nitrogen and oxygen atoms in total. The highest BCUT2D eigenvalue weighted by Gasteiger charge is 2.26. The highest BCUT2D eigenvalue weighted by atomic mass is 19.1. The lowest BCUT2D eigenvalue weighted by Crippen LogP contribution is -2.50. The maximum atomic E-state index is 13.7. The number of aromatic nitrogens is 1. The Kier molecular flexibility index (Phi) is 7.09. The number of rotatable bonds is 5. The van der Waals surface area contributed by atoms with Gasteiger partial charge in [-0.2, -0.15) is 0 Å². The predicted molar refractivity (Wildman–Crippen MR) is 118 cm³/mol. The largest absolute Gasteiger partial charge is 0.444 e. The van der Waals surface area contributed by atoms with Gasteiger partial charge in [0.2, 0.25) is 5.91 Å². The quantitative estimate of drug-likeness (QED) is 0.783. The second kappa shape index (κ2) is 9.76. The monoisotopic (exact) mass is 428 g/mol. The molecule has 2 amide bonds. The van der Waals surface area contributed by atoms with E-state index in [2.05, 4.69) is 15.2 Å². The van der Waals surface area contributed by atoms with Gasteiger partial charge in [-0.05, 0) is 51.0 Å². The number of halogens is 1. The van der Waals surface area contributed by atoms with E-state index in [0.717, 1.165) is 5.69 Å². The Morgan fingerprint density at radius 3 is 2.42 bits per heavy atom. The summed E-state index contributed by atoms with van der Waals surface area (Å²) in [7, 11) is 0. The molecule has 3 rings (SSSR count). The minimum atomic E-state index is -0.506. The normalized spacial score (nSPS) is 14.3. The zero-order chi connectivity index (χ0) is 22.4. The van der Waals surface area contributed by atoms with Gasteiger partial charge in [0, 0.05) is 32.6 Å². The number of ether oxygens (including phenoxy) is 1. The van der Waals surface area contributed by atoms with E-state index in [-0.39, 0.29) is 24.2 Å². The molecule has 0 spiro atoms. The molecule has 0 bridgehead atoms. The van der Waals surface area contributed by atoms with Gasteiger partial charge in [-0.15, -0.1) is 0 Å².